The lowest BCUT2D eigenvalue weighted by atomic mass is 9.77. The number of hydrogen-bond donors (Lipinski definition) is 0. The molecule has 6 nitrogen and oxygen atoms in total. The Morgan fingerprint density at radius 3 is 3.00 bits per heavy atom. The Hall–Kier alpha value is -2.18. The summed E-state index contributed by atoms with van der Waals surface area (Å²) in [6.45, 7) is 5.07. The van der Waals surface area contributed by atoms with Crippen LogP contribution in [0.5, 0.6) is 0 Å². The van der Waals surface area contributed by atoms with Gasteiger partial charge in [-0.15, -0.1) is 0 Å². The van der Waals surface area contributed by atoms with Gasteiger partial charge in [0.25, 0.3) is 5.91 Å². The van der Waals surface area contributed by atoms with Gasteiger partial charge in [0.15, 0.2) is 0 Å². The largest absolute Gasteiger partial charge is 0.469 e. The van der Waals surface area contributed by atoms with Crippen LogP contribution in [0, 0.1) is 12.3 Å². The van der Waals surface area contributed by atoms with Gasteiger partial charge in [-0.1, -0.05) is 0 Å². The molecule has 138 valence electrons. The Morgan fingerprint density at radius 2 is 2.23 bits per heavy atom. The maximum absolute atomic E-state index is 12.9. The number of aromatic nitrogens is 1. The van der Waals surface area contributed by atoms with E-state index in [0.29, 0.717) is 37.6 Å². The topological polar surface area (TPSA) is 64.8 Å². The first-order valence-corrected chi connectivity index (χ1v) is 9.10. The molecule has 6 heteroatoms. The zero-order chi connectivity index (χ0) is 18.0. The van der Waals surface area contributed by atoms with Crippen molar-refractivity contribution in [1.29, 1.82) is 0 Å². The summed E-state index contributed by atoms with van der Waals surface area (Å²) in [6.07, 6.45) is 7.04. The maximum Gasteiger partial charge on any atom is 0.257 e. The first kappa shape index (κ1) is 17.2. The second-order valence-corrected chi connectivity index (χ2v) is 7.23. The third-order valence-corrected chi connectivity index (χ3v) is 5.55. The lowest BCUT2D eigenvalue weighted by Gasteiger charge is -2.43. The number of piperidine rings is 1. The summed E-state index contributed by atoms with van der Waals surface area (Å²) >= 11 is 0. The van der Waals surface area contributed by atoms with E-state index in [2.05, 4.69) is 4.98 Å². The van der Waals surface area contributed by atoms with Gasteiger partial charge < -0.3 is 18.8 Å². The van der Waals surface area contributed by atoms with Crippen LogP contribution >= 0.6 is 0 Å². The van der Waals surface area contributed by atoms with E-state index >= 15 is 0 Å². The number of carbonyl (C=O) groups excluding carboxylic acids is 1. The first-order valence-electron chi connectivity index (χ1n) is 9.10. The van der Waals surface area contributed by atoms with E-state index in [0.717, 1.165) is 25.0 Å². The molecule has 2 aromatic heterocycles. The zero-order valence-electron chi connectivity index (χ0n) is 15.0. The molecule has 0 bridgehead atoms. The van der Waals surface area contributed by atoms with E-state index in [1.165, 1.54) is 0 Å². The van der Waals surface area contributed by atoms with Gasteiger partial charge in [0.2, 0.25) is 0 Å². The standard InChI is InChI=1S/C20H24N2O4/c1-15-17(5-10-25-15)19(23)22-9-4-18-20(13-22,6-11-26-18)14-24-12-16-2-7-21-8-3-16/h2-3,5,7-8,10,18H,4,6,9,11-14H2,1H3/t18-,20+/m1/s1. The van der Waals surface area contributed by atoms with E-state index in [-0.39, 0.29) is 17.4 Å². The van der Waals surface area contributed by atoms with Gasteiger partial charge in [-0.25, -0.2) is 0 Å². The van der Waals surface area contributed by atoms with E-state index in [4.69, 9.17) is 13.9 Å². The Morgan fingerprint density at radius 1 is 1.38 bits per heavy atom. The van der Waals surface area contributed by atoms with Gasteiger partial charge in [-0.2, -0.15) is 0 Å². The van der Waals surface area contributed by atoms with Crippen LogP contribution in [0.3, 0.4) is 0 Å². The van der Waals surface area contributed by atoms with Gasteiger partial charge in [-0.3, -0.25) is 9.78 Å². The average molecular weight is 356 g/mol. The average Bonchev–Trinajstić information content (AvgIpc) is 3.27. The van der Waals surface area contributed by atoms with Crippen LogP contribution in [0.4, 0.5) is 0 Å². The molecule has 0 radical (unpaired) electrons. The number of fused-ring (bicyclic) bond motifs is 1. The van der Waals surface area contributed by atoms with Crippen LogP contribution < -0.4 is 0 Å². The number of nitrogens with zero attached hydrogens (tertiary/aromatic N) is 2. The molecule has 0 N–H and O–H groups in total. The highest BCUT2D eigenvalue weighted by Crippen LogP contribution is 2.41. The second kappa shape index (κ2) is 7.21. The number of furan rings is 1. The predicted molar refractivity (Wildman–Crippen MR) is 94.6 cm³/mol. The molecule has 0 saturated carbocycles. The second-order valence-electron chi connectivity index (χ2n) is 7.23. The fourth-order valence-electron chi connectivity index (χ4n) is 4.06. The molecular formula is C20H24N2O4. The fraction of sp³-hybridized carbons (Fsp3) is 0.500. The molecule has 0 aliphatic carbocycles. The van der Waals surface area contributed by atoms with Gasteiger partial charge in [-0.05, 0) is 43.5 Å². The quantitative estimate of drug-likeness (QED) is 0.824. The summed E-state index contributed by atoms with van der Waals surface area (Å²) in [7, 11) is 0. The molecular weight excluding hydrogens is 332 g/mol. The third kappa shape index (κ3) is 3.27. The lowest BCUT2D eigenvalue weighted by molar-refractivity contribution is -0.0602. The first-order chi connectivity index (χ1) is 12.7. The van der Waals surface area contributed by atoms with Crippen molar-refractivity contribution in [2.45, 2.75) is 32.5 Å². The predicted octanol–water partition coefficient (Wildman–Crippen LogP) is 2.82. The van der Waals surface area contributed by atoms with Crippen molar-refractivity contribution in [2.75, 3.05) is 26.3 Å². The van der Waals surface area contributed by atoms with Crippen molar-refractivity contribution >= 4 is 5.91 Å². The molecule has 0 unspecified atom stereocenters. The minimum absolute atomic E-state index is 0.0371. The van der Waals surface area contributed by atoms with Crippen LogP contribution in [0.2, 0.25) is 0 Å². The Kier molecular flexibility index (Phi) is 4.78. The molecule has 0 spiro atoms. The summed E-state index contributed by atoms with van der Waals surface area (Å²) < 4.78 is 17.3. The minimum Gasteiger partial charge on any atom is -0.469 e. The van der Waals surface area contributed by atoms with Crippen molar-refractivity contribution in [2.24, 2.45) is 5.41 Å². The number of hydrogen-bond acceptors (Lipinski definition) is 5. The minimum atomic E-state index is -0.126. The highest BCUT2D eigenvalue weighted by atomic mass is 16.5. The molecule has 1 amide bonds. The Bertz CT molecular complexity index is 760. The third-order valence-electron chi connectivity index (χ3n) is 5.55. The van der Waals surface area contributed by atoms with Crippen LogP contribution in [-0.2, 0) is 16.1 Å². The molecule has 2 aromatic rings. The number of likely N-dealkylation sites (tertiary alicyclic amines) is 1. The summed E-state index contributed by atoms with van der Waals surface area (Å²) in [6, 6.07) is 5.67. The summed E-state index contributed by atoms with van der Waals surface area (Å²) in [5, 5.41) is 0. The van der Waals surface area contributed by atoms with E-state index in [9.17, 15) is 4.79 Å². The number of pyridine rings is 1. The molecule has 4 heterocycles. The highest BCUT2D eigenvalue weighted by Gasteiger charge is 2.49. The van der Waals surface area contributed by atoms with Crippen LogP contribution in [0.25, 0.3) is 0 Å². The van der Waals surface area contributed by atoms with Crippen LogP contribution in [0.1, 0.15) is 34.5 Å². The van der Waals surface area contributed by atoms with Crippen LogP contribution in [0.15, 0.2) is 41.3 Å². The highest BCUT2D eigenvalue weighted by molar-refractivity contribution is 5.95. The Balaban J connectivity index is 1.44. The normalized spacial score (nSPS) is 25.3. The van der Waals surface area contributed by atoms with E-state index in [1.807, 2.05) is 24.0 Å². The lowest BCUT2D eigenvalue weighted by Crippen LogP contribution is -2.53. The molecule has 26 heavy (non-hydrogen) atoms. The van der Waals surface area contributed by atoms with E-state index < -0.39 is 0 Å². The smallest absolute Gasteiger partial charge is 0.257 e. The van der Waals surface area contributed by atoms with Gasteiger partial charge in [0.1, 0.15) is 5.76 Å². The van der Waals surface area contributed by atoms with Crippen molar-refractivity contribution in [1.82, 2.24) is 9.88 Å². The zero-order valence-corrected chi connectivity index (χ0v) is 15.0. The van der Waals surface area contributed by atoms with Crippen molar-refractivity contribution < 1.29 is 18.7 Å². The molecule has 2 saturated heterocycles. The number of amides is 1. The Labute approximate surface area is 153 Å². The summed E-state index contributed by atoms with van der Waals surface area (Å²) in [4.78, 5) is 18.8. The number of carbonyl (C=O) groups is 1. The molecule has 0 aromatic carbocycles. The van der Waals surface area contributed by atoms with Gasteiger partial charge >= 0.3 is 0 Å². The number of aryl methyl sites for hydroxylation is 1. The van der Waals surface area contributed by atoms with Crippen molar-refractivity contribution in [3.05, 3.63) is 53.7 Å². The van der Waals surface area contributed by atoms with E-state index in [1.54, 1.807) is 24.7 Å². The maximum atomic E-state index is 12.9. The van der Waals surface area contributed by atoms with Gasteiger partial charge in [0, 0.05) is 37.5 Å². The SMILES string of the molecule is Cc1occc1C(=O)N1CC[C@H]2OCC[C@@]2(COCc2ccncc2)C1. The number of rotatable bonds is 5. The molecule has 4 rings (SSSR count). The summed E-state index contributed by atoms with van der Waals surface area (Å²) in [5.41, 5.74) is 1.62. The fourth-order valence-corrected chi connectivity index (χ4v) is 4.06. The molecule has 2 fully saturated rings. The molecule has 2 aliphatic rings. The molecule has 2 aliphatic heterocycles. The summed E-state index contributed by atoms with van der Waals surface area (Å²) in [5.74, 6) is 0.706. The number of ether oxygens (including phenoxy) is 2. The van der Waals surface area contributed by atoms with Crippen molar-refractivity contribution in [3.8, 4) is 0 Å². The van der Waals surface area contributed by atoms with Gasteiger partial charge in [0.05, 0.1) is 31.1 Å². The van der Waals surface area contributed by atoms with Crippen molar-refractivity contribution in [3.63, 3.8) is 0 Å². The van der Waals surface area contributed by atoms with Crippen LogP contribution in [-0.4, -0.2) is 48.2 Å². The molecule has 2 atom stereocenters. The monoisotopic (exact) mass is 356 g/mol.